The van der Waals surface area contributed by atoms with Crippen LogP contribution in [0.25, 0.3) is 0 Å². The molecule has 0 amide bonds. The van der Waals surface area contributed by atoms with Gasteiger partial charge in [0.25, 0.3) is 0 Å². The molecule has 0 rings (SSSR count). The third kappa shape index (κ3) is 44.2. The van der Waals surface area contributed by atoms with Gasteiger partial charge in [0.2, 0.25) is 0 Å². The van der Waals surface area contributed by atoms with Gasteiger partial charge in [-0.2, -0.15) is 0 Å². The fourth-order valence-corrected chi connectivity index (χ4v) is 6.52. The number of rotatable bonds is 43. The van der Waals surface area contributed by atoms with Crippen molar-refractivity contribution >= 4 is 17.9 Å². The molecule has 0 fully saturated rings. The molecule has 0 heterocycles. The molecule has 0 aliphatic rings. The molecule has 0 aromatic heterocycles. The first-order valence-electron chi connectivity index (χ1n) is 24.3. The van der Waals surface area contributed by atoms with Crippen molar-refractivity contribution in [3.8, 4) is 0 Å². The molecule has 0 radical (unpaired) electrons. The fourth-order valence-electron chi connectivity index (χ4n) is 6.52. The van der Waals surface area contributed by atoms with Gasteiger partial charge in [-0.15, -0.1) is 0 Å². The Morgan fingerprint density at radius 3 is 1.05 bits per heavy atom. The Morgan fingerprint density at radius 2 is 0.655 bits per heavy atom. The lowest BCUT2D eigenvalue weighted by Crippen LogP contribution is -2.30. The van der Waals surface area contributed by atoms with Crippen molar-refractivity contribution in [1.82, 2.24) is 0 Å². The van der Waals surface area contributed by atoms with E-state index in [0.29, 0.717) is 19.3 Å². The second-order valence-corrected chi connectivity index (χ2v) is 16.1. The van der Waals surface area contributed by atoms with E-state index in [2.05, 4.69) is 81.5 Å². The van der Waals surface area contributed by atoms with Crippen molar-refractivity contribution < 1.29 is 28.6 Å². The maximum atomic E-state index is 12.7. The van der Waals surface area contributed by atoms with Crippen LogP contribution in [0.4, 0.5) is 0 Å². The van der Waals surface area contributed by atoms with Gasteiger partial charge in [0.15, 0.2) is 6.10 Å². The second kappa shape index (κ2) is 46.8. The molecule has 6 heteroatoms. The molecule has 0 aromatic rings. The number of allylic oxidation sites excluding steroid dienone is 10. The largest absolute Gasteiger partial charge is 0.462 e. The van der Waals surface area contributed by atoms with Crippen molar-refractivity contribution in [1.29, 1.82) is 0 Å². The smallest absolute Gasteiger partial charge is 0.306 e. The standard InChI is InChI=1S/C52H90O6/c1-4-7-10-13-16-19-22-23-24-25-26-27-28-31-33-36-39-42-45-51(54)57-48-49(58-52(55)46-43-40-37-34-30-21-18-15-12-9-6-3)47-56-50(53)44-41-38-35-32-29-20-17-14-11-8-5-2/h14-15,17-18,22-27,49H,4-13,16,19-21,28-48H2,1-3H3/b17-14-,18-15-,23-22-,25-24-,27-26-. The van der Waals surface area contributed by atoms with Gasteiger partial charge < -0.3 is 14.2 Å². The summed E-state index contributed by atoms with van der Waals surface area (Å²) in [5.74, 6) is -0.930. The lowest BCUT2D eigenvalue weighted by molar-refractivity contribution is -0.167. The topological polar surface area (TPSA) is 78.9 Å². The molecule has 58 heavy (non-hydrogen) atoms. The minimum Gasteiger partial charge on any atom is -0.462 e. The molecule has 0 N–H and O–H groups in total. The van der Waals surface area contributed by atoms with Crippen LogP contribution >= 0.6 is 0 Å². The first kappa shape index (κ1) is 55.1. The van der Waals surface area contributed by atoms with Crippen LogP contribution in [0.1, 0.15) is 233 Å². The predicted octanol–water partition coefficient (Wildman–Crippen LogP) is 15.7. The van der Waals surface area contributed by atoms with Crippen molar-refractivity contribution in [3.05, 3.63) is 60.8 Å². The zero-order chi connectivity index (χ0) is 42.3. The number of esters is 3. The Bertz CT molecular complexity index is 1070. The fraction of sp³-hybridized carbons (Fsp3) is 0.750. The first-order valence-corrected chi connectivity index (χ1v) is 24.3. The Hall–Kier alpha value is -2.89. The summed E-state index contributed by atoms with van der Waals surface area (Å²) in [5, 5.41) is 0. The van der Waals surface area contributed by atoms with Gasteiger partial charge in [0, 0.05) is 19.3 Å². The summed E-state index contributed by atoms with van der Waals surface area (Å²) in [6, 6.07) is 0. The van der Waals surface area contributed by atoms with E-state index in [9.17, 15) is 14.4 Å². The molecule has 0 aliphatic carbocycles. The van der Waals surface area contributed by atoms with Gasteiger partial charge in [-0.1, -0.05) is 191 Å². The lowest BCUT2D eigenvalue weighted by Gasteiger charge is -2.18. The highest BCUT2D eigenvalue weighted by molar-refractivity contribution is 5.71. The van der Waals surface area contributed by atoms with Gasteiger partial charge in [0.1, 0.15) is 13.2 Å². The Kier molecular flexibility index (Phi) is 44.5. The van der Waals surface area contributed by atoms with E-state index in [1.165, 1.54) is 96.3 Å². The normalized spacial score (nSPS) is 12.5. The molecular formula is C52H90O6. The average molecular weight is 811 g/mol. The molecule has 0 bridgehead atoms. The van der Waals surface area contributed by atoms with Crippen LogP contribution in [0.3, 0.4) is 0 Å². The van der Waals surface area contributed by atoms with Crippen LogP contribution in [0.2, 0.25) is 0 Å². The number of unbranched alkanes of at least 4 members (excludes halogenated alkanes) is 24. The van der Waals surface area contributed by atoms with Crippen LogP contribution in [0.15, 0.2) is 60.8 Å². The molecule has 0 aromatic carbocycles. The number of ether oxygens (including phenoxy) is 3. The Morgan fingerprint density at radius 1 is 0.345 bits per heavy atom. The molecule has 0 spiro atoms. The van der Waals surface area contributed by atoms with E-state index in [0.717, 1.165) is 96.3 Å². The van der Waals surface area contributed by atoms with Crippen LogP contribution < -0.4 is 0 Å². The molecule has 0 saturated carbocycles. The van der Waals surface area contributed by atoms with Crippen molar-refractivity contribution in [3.63, 3.8) is 0 Å². The monoisotopic (exact) mass is 811 g/mol. The summed E-state index contributed by atoms with van der Waals surface area (Å²) in [6.45, 7) is 6.50. The quantitative estimate of drug-likeness (QED) is 0.0201. The van der Waals surface area contributed by atoms with E-state index < -0.39 is 6.10 Å². The summed E-state index contributed by atoms with van der Waals surface area (Å²) < 4.78 is 16.7. The van der Waals surface area contributed by atoms with Gasteiger partial charge in [-0.05, 0) is 83.5 Å². The average Bonchev–Trinajstić information content (AvgIpc) is 3.22. The summed E-state index contributed by atoms with van der Waals surface area (Å²) >= 11 is 0. The molecule has 6 nitrogen and oxygen atoms in total. The highest BCUT2D eigenvalue weighted by Crippen LogP contribution is 2.13. The van der Waals surface area contributed by atoms with E-state index in [1.807, 2.05) is 0 Å². The number of hydrogen-bond donors (Lipinski definition) is 0. The van der Waals surface area contributed by atoms with E-state index in [1.54, 1.807) is 0 Å². The van der Waals surface area contributed by atoms with Crippen LogP contribution in [-0.2, 0) is 28.6 Å². The Balaban J connectivity index is 4.40. The molecule has 0 saturated heterocycles. The summed E-state index contributed by atoms with van der Waals surface area (Å²) in [7, 11) is 0. The minimum atomic E-state index is -0.787. The predicted molar refractivity (Wildman–Crippen MR) is 247 cm³/mol. The van der Waals surface area contributed by atoms with Crippen molar-refractivity contribution in [2.45, 2.75) is 239 Å². The van der Waals surface area contributed by atoms with Crippen LogP contribution in [0.5, 0.6) is 0 Å². The zero-order valence-corrected chi connectivity index (χ0v) is 38.0. The second-order valence-electron chi connectivity index (χ2n) is 16.1. The van der Waals surface area contributed by atoms with Crippen LogP contribution in [0, 0.1) is 0 Å². The maximum Gasteiger partial charge on any atom is 0.306 e. The molecule has 1 atom stereocenters. The molecule has 334 valence electrons. The summed E-state index contributed by atoms with van der Waals surface area (Å²) in [6.07, 6.45) is 56.3. The third-order valence-electron chi connectivity index (χ3n) is 10.3. The summed E-state index contributed by atoms with van der Waals surface area (Å²) in [5.41, 5.74) is 0. The lowest BCUT2D eigenvalue weighted by atomic mass is 10.1. The maximum absolute atomic E-state index is 12.7. The van der Waals surface area contributed by atoms with E-state index in [-0.39, 0.29) is 31.1 Å². The SMILES string of the molecule is CCCC/C=C\CCCCCCCC(=O)OCC(COC(=O)CCCCCCC\C=C/C=C\C=C/CCCCCCC)OC(=O)CCCCCCC/C=C\CCCC. The third-order valence-corrected chi connectivity index (χ3v) is 10.3. The van der Waals surface area contributed by atoms with Crippen LogP contribution in [-0.4, -0.2) is 37.2 Å². The minimum absolute atomic E-state index is 0.0892. The van der Waals surface area contributed by atoms with Gasteiger partial charge in [-0.25, -0.2) is 0 Å². The number of carbonyl (C=O) groups is 3. The van der Waals surface area contributed by atoms with E-state index >= 15 is 0 Å². The van der Waals surface area contributed by atoms with Gasteiger partial charge >= 0.3 is 17.9 Å². The Labute approximate surface area is 358 Å². The highest BCUT2D eigenvalue weighted by atomic mass is 16.6. The molecule has 1 unspecified atom stereocenters. The molecule has 0 aliphatic heterocycles. The van der Waals surface area contributed by atoms with Crippen molar-refractivity contribution in [2.24, 2.45) is 0 Å². The highest BCUT2D eigenvalue weighted by Gasteiger charge is 2.19. The van der Waals surface area contributed by atoms with E-state index in [4.69, 9.17) is 14.2 Å². The van der Waals surface area contributed by atoms with Gasteiger partial charge in [0.05, 0.1) is 0 Å². The first-order chi connectivity index (χ1) is 28.5. The number of carbonyl (C=O) groups excluding carboxylic acids is 3. The van der Waals surface area contributed by atoms with Gasteiger partial charge in [-0.3, -0.25) is 14.4 Å². The molecular weight excluding hydrogens is 721 g/mol. The number of hydrogen-bond acceptors (Lipinski definition) is 6. The zero-order valence-electron chi connectivity index (χ0n) is 38.0. The van der Waals surface area contributed by atoms with Crippen molar-refractivity contribution in [2.75, 3.05) is 13.2 Å². The summed E-state index contributed by atoms with van der Waals surface area (Å²) in [4.78, 5) is 37.8.